The maximum absolute atomic E-state index is 12.3. The van der Waals surface area contributed by atoms with Crippen LogP contribution in [0.2, 0.25) is 0 Å². The van der Waals surface area contributed by atoms with Gasteiger partial charge in [-0.2, -0.15) is 0 Å². The van der Waals surface area contributed by atoms with Gasteiger partial charge in [-0.1, -0.05) is 36.4 Å². The molecule has 0 atom stereocenters. The zero-order valence-corrected chi connectivity index (χ0v) is 11.7. The first-order valence-corrected chi connectivity index (χ1v) is 6.83. The number of hydrogen-bond donors (Lipinski definition) is 0. The van der Waals surface area contributed by atoms with Crippen LogP contribution in [0.25, 0.3) is 0 Å². The molecule has 0 saturated heterocycles. The maximum Gasteiger partial charge on any atom is 0.331 e. The molecule has 1 aliphatic rings. The van der Waals surface area contributed by atoms with Crippen molar-refractivity contribution in [2.75, 3.05) is 6.54 Å². The van der Waals surface area contributed by atoms with E-state index in [1.807, 2.05) is 0 Å². The second-order valence-corrected chi connectivity index (χ2v) is 4.91. The first kappa shape index (κ1) is 14.0. The summed E-state index contributed by atoms with van der Waals surface area (Å²) in [6.45, 7) is -0.388. The number of para-hydroxylation sites is 1. The maximum atomic E-state index is 12.3. The monoisotopic (exact) mass is 295 g/mol. The van der Waals surface area contributed by atoms with Crippen molar-refractivity contribution in [2.24, 2.45) is 0 Å². The summed E-state index contributed by atoms with van der Waals surface area (Å²) in [4.78, 5) is 37.2. The lowest BCUT2D eigenvalue weighted by molar-refractivity contribution is -0.140. The van der Waals surface area contributed by atoms with Gasteiger partial charge in [0.1, 0.15) is 12.3 Å². The van der Waals surface area contributed by atoms with Crippen molar-refractivity contribution in [3.63, 3.8) is 0 Å². The molecule has 0 bridgehead atoms. The summed E-state index contributed by atoms with van der Waals surface area (Å²) < 4.78 is 5.12. The topological polar surface area (TPSA) is 63.7 Å². The molecule has 0 aliphatic carbocycles. The van der Waals surface area contributed by atoms with Gasteiger partial charge >= 0.3 is 5.97 Å². The molecular formula is C17H13NO4. The Kier molecular flexibility index (Phi) is 3.70. The molecular weight excluding hydrogens is 282 g/mol. The average Bonchev–Trinajstić information content (AvgIpc) is 2.52. The molecule has 5 nitrogen and oxygen atoms in total. The van der Waals surface area contributed by atoms with E-state index in [4.69, 9.17) is 4.74 Å². The lowest BCUT2D eigenvalue weighted by Crippen LogP contribution is -2.45. The Hall–Kier alpha value is -2.95. The largest absolute Gasteiger partial charge is 0.425 e. The second kappa shape index (κ2) is 5.81. The van der Waals surface area contributed by atoms with Gasteiger partial charge in [-0.3, -0.25) is 14.5 Å². The Labute approximate surface area is 127 Å². The Morgan fingerprint density at radius 1 is 1.00 bits per heavy atom. The number of fused-ring (bicyclic) bond motifs is 1. The van der Waals surface area contributed by atoms with Crippen molar-refractivity contribution < 1.29 is 19.1 Å². The fraction of sp³-hybridized carbons (Fsp3) is 0.118. The summed E-state index contributed by atoms with van der Waals surface area (Å²) in [6, 6.07) is 15.4. The number of hydrogen-bond acceptors (Lipinski definition) is 4. The summed E-state index contributed by atoms with van der Waals surface area (Å²) in [5.41, 5.74) is 1.14. The predicted molar refractivity (Wildman–Crippen MR) is 78.3 cm³/mol. The van der Waals surface area contributed by atoms with Crippen molar-refractivity contribution >= 4 is 17.8 Å². The van der Waals surface area contributed by atoms with Gasteiger partial charge in [0.25, 0.3) is 5.91 Å². The summed E-state index contributed by atoms with van der Waals surface area (Å²) in [5.74, 6) is -1.12. The fourth-order valence-corrected chi connectivity index (χ4v) is 2.34. The molecule has 0 spiro atoms. The summed E-state index contributed by atoms with van der Waals surface area (Å²) in [7, 11) is 0. The number of ether oxygens (including phenoxy) is 1. The summed E-state index contributed by atoms with van der Waals surface area (Å²) >= 11 is 0. The third-order valence-electron chi connectivity index (χ3n) is 3.40. The van der Waals surface area contributed by atoms with E-state index < -0.39 is 17.8 Å². The van der Waals surface area contributed by atoms with Gasteiger partial charge in [0, 0.05) is 5.56 Å². The summed E-state index contributed by atoms with van der Waals surface area (Å²) in [5, 5.41) is 0. The van der Waals surface area contributed by atoms with Crippen molar-refractivity contribution in [1.82, 2.24) is 4.90 Å². The van der Waals surface area contributed by atoms with Crippen LogP contribution in [0.5, 0.6) is 5.75 Å². The van der Waals surface area contributed by atoms with Crippen LogP contribution in [0.15, 0.2) is 54.6 Å². The van der Waals surface area contributed by atoms with Crippen LogP contribution in [0.1, 0.15) is 15.9 Å². The molecule has 1 aliphatic heterocycles. The third-order valence-corrected chi connectivity index (χ3v) is 3.40. The van der Waals surface area contributed by atoms with E-state index in [1.54, 1.807) is 54.6 Å². The number of amides is 2. The van der Waals surface area contributed by atoms with Gasteiger partial charge in [-0.15, -0.1) is 0 Å². The van der Waals surface area contributed by atoms with E-state index in [9.17, 15) is 14.4 Å². The van der Waals surface area contributed by atoms with E-state index in [2.05, 4.69) is 0 Å². The van der Waals surface area contributed by atoms with Crippen molar-refractivity contribution in [3.8, 4) is 5.75 Å². The lowest BCUT2D eigenvalue weighted by atomic mass is 9.98. The molecule has 2 aromatic rings. The predicted octanol–water partition coefficient (Wildman–Crippen LogP) is 1.82. The fourth-order valence-electron chi connectivity index (χ4n) is 2.34. The molecule has 2 aromatic carbocycles. The van der Waals surface area contributed by atoms with Crippen LogP contribution in [0.3, 0.4) is 0 Å². The van der Waals surface area contributed by atoms with Crippen LogP contribution >= 0.6 is 0 Å². The van der Waals surface area contributed by atoms with Crippen LogP contribution in [0.4, 0.5) is 0 Å². The Morgan fingerprint density at radius 3 is 2.45 bits per heavy atom. The van der Waals surface area contributed by atoms with Gasteiger partial charge in [-0.25, -0.2) is 4.79 Å². The molecule has 5 heteroatoms. The molecule has 110 valence electrons. The number of esters is 1. The molecule has 22 heavy (non-hydrogen) atoms. The summed E-state index contributed by atoms with van der Waals surface area (Å²) in [6.07, 6.45) is 0.112. The molecule has 0 fully saturated rings. The minimum absolute atomic E-state index is 0.112. The van der Waals surface area contributed by atoms with E-state index in [1.165, 1.54) is 0 Å². The highest BCUT2D eigenvalue weighted by atomic mass is 16.5. The van der Waals surface area contributed by atoms with E-state index in [0.717, 1.165) is 4.90 Å². The van der Waals surface area contributed by atoms with Gasteiger partial charge in [0.15, 0.2) is 0 Å². The normalized spacial score (nSPS) is 13.7. The first-order chi connectivity index (χ1) is 10.6. The van der Waals surface area contributed by atoms with E-state index in [0.29, 0.717) is 16.9 Å². The Balaban J connectivity index is 1.74. The number of carbonyl (C=O) groups excluding carboxylic acids is 3. The van der Waals surface area contributed by atoms with Gasteiger partial charge < -0.3 is 4.74 Å². The van der Waals surface area contributed by atoms with E-state index in [-0.39, 0.29) is 13.0 Å². The van der Waals surface area contributed by atoms with Crippen LogP contribution in [0, 0.1) is 0 Å². The van der Waals surface area contributed by atoms with Gasteiger partial charge in [0.05, 0.1) is 6.42 Å². The molecule has 2 amide bonds. The molecule has 0 saturated carbocycles. The third kappa shape index (κ3) is 2.74. The van der Waals surface area contributed by atoms with Crippen molar-refractivity contribution in [2.45, 2.75) is 6.42 Å². The van der Waals surface area contributed by atoms with Crippen molar-refractivity contribution in [1.29, 1.82) is 0 Å². The second-order valence-electron chi connectivity index (χ2n) is 4.91. The number of rotatable bonds is 3. The number of imide groups is 1. The highest BCUT2D eigenvalue weighted by Crippen LogP contribution is 2.19. The quantitative estimate of drug-likeness (QED) is 0.492. The number of benzene rings is 2. The molecule has 0 unspecified atom stereocenters. The van der Waals surface area contributed by atoms with Gasteiger partial charge in [0.2, 0.25) is 5.91 Å². The average molecular weight is 295 g/mol. The van der Waals surface area contributed by atoms with Crippen LogP contribution < -0.4 is 4.74 Å². The number of nitrogens with zero attached hydrogens (tertiary/aromatic N) is 1. The molecule has 0 radical (unpaired) electrons. The van der Waals surface area contributed by atoms with Crippen molar-refractivity contribution in [3.05, 3.63) is 65.7 Å². The number of carbonyl (C=O) groups is 3. The highest BCUT2D eigenvalue weighted by molar-refractivity contribution is 6.11. The Morgan fingerprint density at radius 2 is 1.68 bits per heavy atom. The minimum atomic E-state index is -0.646. The van der Waals surface area contributed by atoms with Gasteiger partial charge in [-0.05, 0) is 23.8 Å². The molecule has 3 rings (SSSR count). The molecule has 0 N–H and O–H groups in total. The zero-order chi connectivity index (χ0) is 15.5. The molecule has 0 aromatic heterocycles. The SMILES string of the molecule is O=C(CN1C(=O)Cc2ccccc2C1=O)Oc1ccccc1. The smallest absolute Gasteiger partial charge is 0.331 e. The van der Waals surface area contributed by atoms with Crippen LogP contribution in [-0.2, 0) is 16.0 Å². The molecule has 1 heterocycles. The Bertz CT molecular complexity index is 739. The lowest BCUT2D eigenvalue weighted by Gasteiger charge is -2.25. The zero-order valence-electron chi connectivity index (χ0n) is 11.7. The first-order valence-electron chi connectivity index (χ1n) is 6.83. The minimum Gasteiger partial charge on any atom is -0.425 e. The van der Waals surface area contributed by atoms with Crippen LogP contribution in [-0.4, -0.2) is 29.2 Å². The standard InChI is InChI=1S/C17H13NO4/c19-15-10-12-6-4-5-9-14(12)17(21)18(15)11-16(20)22-13-7-2-1-3-8-13/h1-9H,10-11H2. The van der Waals surface area contributed by atoms with E-state index >= 15 is 0 Å². The highest BCUT2D eigenvalue weighted by Gasteiger charge is 2.32.